The molecule has 4 nitrogen and oxygen atoms in total. The van der Waals surface area contributed by atoms with Gasteiger partial charge in [-0.05, 0) is 31.2 Å². The van der Waals surface area contributed by atoms with E-state index in [0.29, 0.717) is 0 Å². The second-order valence-corrected chi connectivity index (χ2v) is 7.61. The highest BCUT2D eigenvalue weighted by Crippen LogP contribution is 2.41. The van der Waals surface area contributed by atoms with Crippen LogP contribution in [0.4, 0.5) is 4.79 Å². The maximum absolute atomic E-state index is 12.4. The largest absolute Gasteiger partial charge is 0.336 e. The fourth-order valence-electron chi connectivity index (χ4n) is 5.05. The highest BCUT2D eigenvalue weighted by Gasteiger charge is 2.45. The average Bonchev–Trinajstić information content (AvgIpc) is 3.10. The molecular formula is C20H29N3O. The lowest BCUT2D eigenvalue weighted by Crippen LogP contribution is -2.56. The van der Waals surface area contributed by atoms with Crippen molar-refractivity contribution in [2.75, 3.05) is 26.2 Å². The van der Waals surface area contributed by atoms with E-state index in [0.717, 1.165) is 45.1 Å². The monoisotopic (exact) mass is 327 g/mol. The zero-order chi connectivity index (χ0) is 16.4. The van der Waals surface area contributed by atoms with Crippen LogP contribution >= 0.6 is 0 Å². The Balaban J connectivity index is 1.56. The lowest BCUT2D eigenvalue weighted by atomic mass is 9.78. The lowest BCUT2D eigenvalue weighted by molar-refractivity contribution is 0.0299. The van der Waals surface area contributed by atoms with Gasteiger partial charge < -0.3 is 15.1 Å². The third kappa shape index (κ3) is 2.81. The van der Waals surface area contributed by atoms with E-state index >= 15 is 0 Å². The van der Waals surface area contributed by atoms with Crippen molar-refractivity contribution >= 4 is 6.03 Å². The first kappa shape index (κ1) is 15.9. The SMILES string of the molecule is O=C1NCCN1C1(c2ccccc2)CCN(C2CCCCC2)CC1. The molecule has 2 saturated heterocycles. The summed E-state index contributed by atoms with van der Waals surface area (Å²) in [6.45, 7) is 3.84. The number of benzene rings is 1. The number of piperidine rings is 1. The first-order chi connectivity index (χ1) is 11.8. The van der Waals surface area contributed by atoms with Crippen LogP contribution in [0.1, 0.15) is 50.5 Å². The summed E-state index contributed by atoms with van der Waals surface area (Å²) in [7, 11) is 0. The van der Waals surface area contributed by atoms with Crippen molar-refractivity contribution in [2.24, 2.45) is 0 Å². The molecule has 2 aliphatic heterocycles. The van der Waals surface area contributed by atoms with Gasteiger partial charge in [-0.3, -0.25) is 0 Å². The predicted molar refractivity (Wildman–Crippen MR) is 95.9 cm³/mol. The van der Waals surface area contributed by atoms with Crippen molar-refractivity contribution in [3.05, 3.63) is 35.9 Å². The normalized spacial score (nSPS) is 25.7. The molecule has 2 amide bonds. The van der Waals surface area contributed by atoms with Gasteiger partial charge in [-0.1, -0.05) is 49.6 Å². The van der Waals surface area contributed by atoms with E-state index in [4.69, 9.17) is 0 Å². The Morgan fingerprint density at radius 2 is 1.67 bits per heavy atom. The number of hydrogen-bond donors (Lipinski definition) is 1. The smallest absolute Gasteiger partial charge is 0.318 e. The fourth-order valence-corrected chi connectivity index (χ4v) is 5.05. The number of hydrogen-bond acceptors (Lipinski definition) is 2. The standard InChI is InChI=1S/C20H29N3O/c24-19-21-13-16-23(19)20(17-7-3-1-4-8-17)11-14-22(15-12-20)18-9-5-2-6-10-18/h1,3-4,7-8,18H,2,5-6,9-16H2,(H,21,24). The molecule has 2 heterocycles. The second kappa shape index (κ2) is 6.75. The third-order valence-corrected chi connectivity index (χ3v) is 6.40. The van der Waals surface area contributed by atoms with Crippen LogP contribution in [0.25, 0.3) is 0 Å². The fraction of sp³-hybridized carbons (Fsp3) is 0.650. The summed E-state index contributed by atoms with van der Waals surface area (Å²) in [5.41, 5.74) is 1.19. The van der Waals surface area contributed by atoms with Crippen molar-refractivity contribution in [2.45, 2.75) is 56.5 Å². The number of urea groups is 1. The van der Waals surface area contributed by atoms with Crippen LogP contribution in [0.15, 0.2) is 30.3 Å². The number of carbonyl (C=O) groups is 1. The van der Waals surface area contributed by atoms with Crippen molar-refractivity contribution in [3.8, 4) is 0 Å². The topological polar surface area (TPSA) is 35.6 Å². The van der Waals surface area contributed by atoms with Crippen molar-refractivity contribution in [1.29, 1.82) is 0 Å². The van der Waals surface area contributed by atoms with Gasteiger partial charge in [0.15, 0.2) is 0 Å². The van der Waals surface area contributed by atoms with Gasteiger partial charge in [-0.25, -0.2) is 4.79 Å². The molecule has 4 heteroatoms. The molecule has 4 rings (SSSR count). The number of amides is 2. The predicted octanol–water partition coefficient (Wildman–Crippen LogP) is 3.34. The molecule has 0 spiro atoms. The Morgan fingerprint density at radius 1 is 0.958 bits per heavy atom. The van der Waals surface area contributed by atoms with Gasteiger partial charge in [0.05, 0.1) is 5.54 Å². The summed E-state index contributed by atoms with van der Waals surface area (Å²) in [6.07, 6.45) is 9.03. The zero-order valence-corrected chi connectivity index (χ0v) is 14.5. The quantitative estimate of drug-likeness (QED) is 0.924. The van der Waals surface area contributed by atoms with E-state index in [1.807, 2.05) is 0 Å². The molecular weight excluding hydrogens is 298 g/mol. The first-order valence-electron chi connectivity index (χ1n) is 9.65. The Bertz CT molecular complexity index is 560. The lowest BCUT2D eigenvalue weighted by Gasteiger charge is -2.49. The molecule has 1 saturated carbocycles. The highest BCUT2D eigenvalue weighted by atomic mass is 16.2. The van der Waals surface area contributed by atoms with E-state index in [9.17, 15) is 4.79 Å². The molecule has 3 fully saturated rings. The van der Waals surface area contributed by atoms with Crippen LogP contribution < -0.4 is 5.32 Å². The molecule has 0 atom stereocenters. The van der Waals surface area contributed by atoms with E-state index in [-0.39, 0.29) is 11.6 Å². The maximum atomic E-state index is 12.4. The molecule has 24 heavy (non-hydrogen) atoms. The molecule has 0 unspecified atom stereocenters. The summed E-state index contributed by atoms with van der Waals surface area (Å²) < 4.78 is 0. The minimum atomic E-state index is -0.118. The van der Waals surface area contributed by atoms with Gasteiger partial charge >= 0.3 is 6.03 Å². The molecule has 1 aromatic rings. The van der Waals surface area contributed by atoms with Crippen LogP contribution in [0.2, 0.25) is 0 Å². The number of rotatable bonds is 3. The molecule has 0 aromatic heterocycles. The summed E-state index contributed by atoms with van der Waals surface area (Å²) in [5, 5.41) is 3.01. The van der Waals surface area contributed by atoms with Gasteiger partial charge in [0, 0.05) is 32.2 Å². The van der Waals surface area contributed by atoms with Gasteiger partial charge in [-0.2, -0.15) is 0 Å². The number of nitrogens with zero attached hydrogens (tertiary/aromatic N) is 2. The average molecular weight is 327 g/mol. The highest BCUT2D eigenvalue weighted by molar-refractivity contribution is 5.77. The van der Waals surface area contributed by atoms with Crippen LogP contribution in [0.5, 0.6) is 0 Å². The zero-order valence-electron chi connectivity index (χ0n) is 14.5. The van der Waals surface area contributed by atoms with Gasteiger partial charge in [-0.15, -0.1) is 0 Å². The minimum absolute atomic E-state index is 0.116. The van der Waals surface area contributed by atoms with Crippen LogP contribution in [-0.2, 0) is 5.54 Å². The molecule has 1 aliphatic carbocycles. The van der Waals surface area contributed by atoms with Crippen molar-refractivity contribution in [1.82, 2.24) is 15.1 Å². The molecule has 0 radical (unpaired) electrons. The minimum Gasteiger partial charge on any atom is -0.336 e. The first-order valence-corrected chi connectivity index (χ1v) is 9.65. The van der Waals surface area contributed by atoms with E-state index in [1.54, 1.807) is 0 Å². The van der Waals surface area contributed by atoms with E-state index < -0.39 is 0 Å². The molecule has 1 aromatic carbocycles. The third-order valence-electron chi connectivity index (χ3n) is 6.40. The molecule has 3 aliphatic rings. The number of likely N-dealkylation sites (tertiary alicyclic amines) is 1. The van der Waals surface area contributed by atoms with Crippen LogP contribution in [0, 0.1) is 0 Å². The Labute approximate surface area is 145 Å². The Morgan fingerprint density at radius 3 is 2.29 bits per heavy atom. The van der Waals surface area contributed by atoms with Gasteiger partial charge in [0.1, 0.15) is 0 Å². The summed E-state index contributed by atoms with van der Waals surface area (Å²) in [4.78, 5) is 17.3. The van der Waals surface area contributed by atoms with Crippen LogP contribution in [-0.4, -0.2) is 48.1 Å². The molecule has 1 N–H and O–H groups in total. The van der Waals surface area contributed by atoms with E-state index in [1.165, 1.54) is 37.7 Å². The summed E-state index contributed by atoms with van der Waals surface area (Å²) >= 11 is 0. The van der Waals surface area contributed by atoms with Crippen molar-refractivity contribution in [3.63, 3.8) is 0 Å². The second-order valence-electron chi connectivity index (χ2n) is 7.61. The molecule has 130 valence electrons. The molecule has 0 bridgehead atoms. The Kier molecular flexibility index (Phi) is 4.49. The van der Waals surface area contributed by atoms with Gasteiger partial charge in [0.25, 0.3) is 0 Å². The van der Waals surface area contributed by atoms with Crippen molar-refractivity contribution < 1.29 is 4.79 Å². The van der Waals surface area contributed by atoms with Crippen LogP contribution in [0.3, 0.4) is 0 Å². The Hall–Kier alpha value is -1.55. The summed E-state index contributed by atoms with van der Waals surface area (Å²) in [5.74, 6) is 0. The maximum Gasteiger partial charge on any atom is 0.318 e. The number of carbonyl (C=O) groups excluding carboxylic acids is 1. The van der Waals surface area contributed by atoms with Gasteiger partial charge in [0.2, 0.25) is 0 Å². The summed E-state index contributed by atoms with van der Waals surface area (Å²) in [6, 6.07) is 11.6. The number of nitrogens with one attached hydrogen (secondary N) is 1. The van der Waals surface area contributed by atoms with E-state index in [2.05, 4.69) is 45.4 Å².